The molecular formula is C16H17FN2O3S. The Labute approximate surface area is 136 Å². The molecule has 0 saturated heterocycles. The molecule has 5 nitrogen and oxygen atoms in total. The summed E-state index contributed by atoms with van der Waals surface area (Å²) in [5.41, 5.74) is 0.993. The van der Waals surface area contributed by atoms with E-state index < -0.39 is 28.7 Å². The Morgan fingerprint density at radius 1 is 1.26 bits per heavy atom. The van der Waals surface area contributed by atoms with Crippen molar-refractivity contribution in [2.24, 2.45) is 0 Å². The van der Waals surface area contributed by atoms with Crippen LogP contribution in [0.15, 0.2) is 53.4 Å². The smallest absolute Gasteiger partial charge is 0.319 e. The van der Waals surface area contributed by atoms with Gasteiger partial charge in [0.25, 0.3) is 0 Å². The SMILES string of the molecule is CS(=O)c1ccc(NC(=O)N[C@H](CO)c2ccccc2)cc1F. The second-order valence-corrected chi connectivity index (χ2v) is 6.19. The lowest BCUT2D eigenvalue weighted by atomic mass is 10.1. The first kappa shape index (κ1) is 17.1. The van der Waals surface area contributed by atoms with Gasteiger partial charge in [-0.2, -0.15) is 0 Å². The summed E-state index contributed by atoms with van der Waals surface area (Å²) in [6.45, 7) is -0.264. The number of aliphatic hydroxyl groups is 1. The molecular weight excluding hydrogens is 319 g/mol. The summed E-state index contributed by atoms with van der Waals surface area (Å²) in [5, 5.41) is 14.5. The second-order valence-electron chi connectivity index (χ2n) is 4.84. The highest BCUT2D eigenvalue weighted by atomic mass is 32.2. The summed E-state index contributed by atoms with van der Waals surface area (Å²) in [7, 11) is -1.43. The molecule has 23 heavy (non-hydrogen) atoms. The monoisotopic (exact) mass is 336 g/mol. The quantitative estimate of drug-likeness (QED) is 0.785. The number of halogens is 1. The van der Waals surface area contributed by atoms with E-state index >= 15 is 0 Å². The van der Waals surface area contributed by atoms with Gasteiger partial charge in [-0.3, -0.25) is 4.21 Å². The summed E-state index contributed by atoms with van der Waals surface area (Å²) >= 11 is 0. The number of benzene rings is 2. The van der Waals surface area contributed by atoms with Crippen molar-refractivity contribution in [2.45, 2.75) is 10.9 Å². The van der Waals surface area contributed by atoms with Crippen LogP contribution in [0, 0.1) is 5.82 Å². The first-order chi connectivity index (χ1) is 11.0. The minimum Gasteiger partial charge on any atom is -0.394 e. The highest BCUT2D eigenvalue weighted by Crippen LogP contribution is 2.17. The molecule has 2 atom stereocenters. The molecule has 122 valence electrons. The summed E-state index contributed by atoms with van der Waals surface area (Å²) in [6, 6.07) is 11.8. The van der Waals surface area contributed by atoms with Crippen molar-refractivity contribution in [3.05, 3.63) is 59.9 Å². The van der Waals surface area contributed by atoms with E-state index in [2.05, 4.69) is 10.6 Å². The average molecular weight is 336 g/mol. The number of aliphatic hydroxyl groups excluding tert-OH is 1. The van der Waals surface area contributed by atoms with Gasteiger partial charge >= 0.3 is 6.03 Å². The van der Waals surface area contributed by atoms with Gasteiger partial charge in [0.05, 0.1) is 28.3 Å². The minimum atomic E-state index is -1.43. The molecule has 0 spiro atoms. The van der Waals surface area contributed by atoms with E-state index in [9.17, 15) is 18.5 Å². The Kier molecular flexibility index (Phi) is 5.84. The number of carbonyl (C=O) groups is 1. The van der Waals surface area contributed by atoms with Gasteiger partial charge in [0, 0.05) is 11.9 Å². The number of anilines is 1. The van der Waals surface area contributed by atoms with Gasteiger partial charge in [0.15, 0.2) is 0 Å². The molecule has 0 heterocycles. The van der Waals surface area contributed by atoms with E-state index in [1.165, 1.54) is 18.4 Å². The Bertz CT molecular complexity index is 710. The lowest BCUT2D eigenvalue weighted by Crippen LogP contribution is -2.34. The van der Waals surface area contributed by atoms with E-state index in [0.29, 0.717) is 0 Å². The topological polar surface area (TPSA) is 78.4 Å². The molecule has 0 radical (unpaired) electrons. The van der Waals surface area contributed by atoms with Crippen LogP contribution in [0.3, 0.4) is 0 Å². The van der Waals surface area contributed by atoms with Gasteiger partial charge in [-0.15, -0.1) is 0 Å². The normalized spacial score (nSPS) is 13.2. The van der Waals surface area contributed by atoms with Crippen LogP contribution in [0.1, 0.15) is 11.6 Å². The van der Waals surface area contributed by atoms with Gasteiger partial charge < -0.3 is 15.7 Å². The molecule has 2 amide bonds. The number of hydrogen-bond donors (Lipinski definition) is 3. The second kappa shape index (κ2) is 7.85. The van der Waals surface area contributed by atoms with Gasteiger partial charge in [-0.05, 0) is 23.8 Å². The summed E-state index contributed by atoms with van der Waals surface area (Å²) in [4.78, 5) is 12.0. The molecule has 0 fully saturated rings. The van der Waals surface area contributed by atoms with E-state index in [0.717, 1.165) is 11.6 Å². The predicted molar refractivity (Wildman–Crippen MR) is 87.2 cm³/mol. The van der Waals surface area contributed by atoms with Gasteiger partial charge in [-0.25, -0.2) is 9.18 Å². The number of carbonyl (C=O) groups excluding carboxylic acids is 1. The minimum absolute atomic E-state index is 0.0773. The lowest BCUT2D eigenvalue weighted by molar-refractivity contribution is 0.225. The van der Waals surface area contributed by atoms with Crippen molar-refractivity contribution >= 4 is 22.5 Å². The Hall–Kier alpha value is -2.25. The number of hydrogen-bond acceptors (Lipinski definition) is 3. The van der Waals surface area contributed by atoms with Crippen LogP contribution >= 0.6 is 0 Å². The van der Waals surface area contributed by atoms with Crippen molar-refractivity contribution in [1.29, 1.82) is 0 Å². The van der Waals surface area contributed by atoms with Crippen LogP contribution in [-0.2, 0) is 10.8 Å². The van der Waals surface area contributed by atoms with Gasteiger partial charge in [-0.1, -0.05) is 30.3 Å². The third-order valence-electron chi connectivity index (χ3n) is 3.19. The zero-order valence-electron chi connectivity index (χ0n) is 12.5. The van der Waals surface area contributed by atoms with Crippen molar-refractivity contribution < 1.29 is 18.5 Å². The summed E-state index contributed by atoms with van der Waals surface area (Å²) in [6.07, 6.45) is 1.38. The zero-order valence-corrected chi connectivity index (χ0v) is 13.3. The van der Waals surface area contributed by atoms with Gasteiger partial charge in [0.1, 0.15) is 5.82 Å². The summed E-state index contributed by atoms with van der Waals surface area (Å²) < 4.78 is 25.0. The predicted octanol–water partition coefficient (Wildman–Crippen LogP) is 2.42. The van der Waals surface area contributed by atoms with Crippen LogP contribution < -0.4 is 10.6 Å². The third-order valence-corrected chi connectivity index (χ3v) is 4.14. The van der Waals surface area contributed by atoms with E-state index in [1.807, 2.05) is 6.07 Å². The van der Waals surface area contributed by atoms with Crippen LogP contribution in [-0.4, -0.2) is 28.2 Å². The molecule has 3 N–H and O–H groups in total. The van der Waals surface area contributed by atoms with Crippen molar-refractivity contribution in [3.8, 4) is 0 Å². The highest BCUT2D eigenvalue weighted by molar-refractivity contribution is 7.84. The van der Waals surface area contributed by atoms with Crippen LogP contribution in [0.4, 0.5) is 14.9 Å². The first-order valence-electron chi connectivity index (χ1n) is 6.87. The molecule has 0 saturated carbocycles. The number of urea groups is 1. The fraction of sp³-hybridized carbons (Fsp3) is 0.188. The summed E-state index contributed by atoms with van der Waals surface area (Å²) in [5.74, 6) is -0.648. The highest BCUT2D eigenvalue weighted by Gasteiger charge is 2.14. The van der Waals surface area contributed by atoms with Crippen LogP contribution in [0.25, 0.3) is 0 Å². The molecule has 0 bridgehead atoms. The molecule has 0 aromatic heterocycles. The molecule has 1 unspecified atom stereocenters. The molecule has 0 aliphatic heterocycles. The zero-order chi connectivity index (χ0) is 16.8. The third kappa shape index (κ3) is 4.61. The molecule has 2 rings (SSSR count). The maximum absolute atomic E-state index is 13.7. The van der Waals surface area contributed by atoms with Crippen LogP contribution in [0.5, 0.6) is 0 Å². The van der Waals surface area contributed by atoms with E-state index in [1.54, 1.807) is 24.3 Å². The maximum Gasteiger partial charge on any atom is 0.319 e. The molecule has 0 aliphatic carbocycles. The fourth-order valence-corrected chi connectivity index (χ4v) is 2.65. The molecule has 0 aliphatic rings. The molecule has 2 aromatic carbocycles. The number of nitrogens with one attached hydrogen (secondary N) is 2. The number of rotatable bonds is 5. The Balaban J connectivity index is 2.04. The largest absolute Gasteiger partial charge is 0.394 e. The van der Waals surface area contributed by atoms with E-state index in [4.69, 9.17) is 0 Å². The fourth-order valence-electron chi connectivity index (χ4n) is 2.06. The van der Waals surface area contributed by atoms with Crippen molar-refractivity contribution in [3.63, 3.8) is 0 Å². The average Bonchev–Trinajstić information content (AvgIpc) is 2.53. The maximum atomic E-state index is 13.7. The standard InChI is InChI=1S/C16H17FN2O3S/c1-23(22)15-8-7-12(9-13(15)17)18-16(21)19-14(10-20)11-5-3-2-4-6-11/h2-9,14,20H,10H2,1H3,(H2,18,19,21)/t14-,23?/m1/s1. The van der Waals surface area contributed by atoms with Crippen molar-refractivity contribution in [2.75, 3.05) is 18.2 Å². The molecule has 2 aromatic rings. The Morgan fingerprint density at radius 2 is 1.96 bits per heavy atom. The lowest BCUT2D eigenvalue weighted by Gasteiger charge is -2.17. The Morgan fingerprint density at radius 3 is 2.52 bits per heavy atom. The van der Waals surface area contributed by atoms with Crippen molar-refractivity contribution in [1.82, 2.24) is 5.32 Å². The van der Waals surface area contributed by atoms with E-state index in [-0.39, 0.29) is 17.2 Å². The first-order valence-corrected chi connectivity index (χ1v) is 8.43. The van der Waals surface area contributed by atoms with Gasteiger partial charge in [0.2, 0.25) is 0 Å². The molecule has 7 heteroatoms. The number of amides is 2. The van der Waals surface area contributed by atoms with Crippen LogP contribution in [0.2, 0.25) is 0 Å².